The fraction of sp³-hybridized carbons (Fsp3) is 0.476. The van der Waals surface area contributed by atoms with Crippen LogP contribution >= 0.6 is 0 Å². The molecule has 1 amide bonds. The summed E-state index contributed by atoms with van der Waals surface area (Å²) in [5.74, 6) is 1.09. The highest BCUT2D eigenvalue weighted by Gasteiger charge is 2.29. The Bertz CT molecular complexity index is 969. The Hall–Kier alpha value is -3.23. The van der Waals surface area contributed by atoms with E-state index in [0.29, 0.717) is 30.6 Å². The molecule has 30 heavy (non-hydrogen) atoms. The van der Waals surface area contributed by atoms with Crippen molar-refractivity contribution in [3.8, 4) is 0 Å². The van der Waals surface area contributed by atoms with E-state index < -0.39 is 11.7 Å². The van der Waals surface area contributed by atoms with Gasteiger partial charge in [0.15, 0.2) is 0 Å². The lowest BCUT2D eigenvalue weighted by molar-refractivity contribution is 0.0219. The third kappa shape index (κ3) is 4.84. The minimum atomic E-state index is -0.601. The van der Waals surface area contributed by atoms with Gasteiger partial charge >= 0.3 is 6.09 Å². The maximum atomic E-state index is 13.0. The van der Waals surface area contributed by atoms with Crippen LogP contribution in [0, 0.1) is 0 Å². The smallest absolute Gasteiger partial charge is 0.410 e. The van der Waals surface area contributed by atoms with E-state index >= 15 is 0 Å². The van der Waals surface area contributed by atoms with E-state index in [1.54, 1.807) is 13.3 Å². The van der Waals surface area contributed by atoms with Crippen molar-refractivity contribution in [2.24, 2.45) is 0 Å². The van der Waals surface area contributed by atoms with Crippen molar-refractivity contribution in [3.05, 3.63) is 57.4 Å². The fourth-order valence-electron chi connectivity index (χ4n) is 3.16. The number of nitrogens with one attached hydrogen (secondary N) is 1. The lowest BCUT2D eigenvalue weighted by atomic mass is 10.1. The summed E-state index contributed by atoms with van der Waals surface area (Å²) in [4.78, 5) is 36.7. The van der Waals surface area contributed by atoms with Gasteiger partial charge in [0.1, 0.15) is 18.5 Å². The summed E-state index contributed by atoms with van der Waals surface area (Å²) in [7, 11) is 3.03. The molecule has 2 aliphatic rings. The lowest BCUT2D eigenvalue weighted by Gasteiger charge is -2.30. The number of aromatic nitrogens is 2. The summed E-state index contributed by atoms with van der Waals surface area (Å²) < 4.78 is 11.7. The number of fused-ring (bicyclic) bond motifs is 1. The van der Waals surface area contributed by atoms with Crippen molar-refractivity contribution in [3.63, 3.8) is 0 Å². The van der Waals surface area contributed by atoms with Crippen LogP contribution in [0.1, 0.15) is 38.4 Å². The SMILES string of the molecule is COC1=CCC(=CNc2nc3c(c(=O)n2OC)CN(C(=O)OC(C)(C)C)CC3)C=C1. The normalized spacial score (nSPS) is 17.3. The second kappa shape index (κ2) is 8.64. The first-order valence-electron chi connectivity index (χ1n) is 9.77. The second-order valence-corrected chi connectivity index (χ2v) is 8.01. The first kappa shape index (κ1) is 21.5. The Morgan fingerprint density at radius 1 is 1.27 bits per heavy atom. The highest BCUT2D eigenvalue weighted by Crippen LogP contribution is 2.20. The summed E-state index contributed by atoms with van der Waals surface area (Å²) in [6, 6.07) is 0. The first-order valence-corrected chi connectivity index (χ1v) is 9.77. The zero-order valence-electron chi connectivity index (χ0n) is 18.0. The molecule has 0 saturated heterocycles. The van der Waals surface area contributed by atoms with Gasteiger partial charge < -0.3 is 24.5 Å². The third-order valence-corrected chi connectivity index (χ3v) is 4.65. The van der Waals surface area contributed by atoms with Crippen LogP contribution < -0.4 is 15.7 Å². The van der Waals surface area contributed by atoms with Crippen LogP contribution in [0.2, 0.25) is 0 Å². The van der Waals surface area contributed by atoms with Gasteiger partial charge in [-0.2, -0.15) is 0 Å². The van der Waals surface area contributed by atoms with Gasteiger partial charge in [-0.15, -0.1) is 4.73 Å². The Kier molecular flexibility index (Phi) is 6.19. The topological polar surface area (TPSA) is 94.9 Å². The number of allylic oxidation sites excluding steroid dienone is 4. The van der Waals surface area contributed by atoms with Gasteiger partial charge in [0.25, 0.3) is 5.56 Å². The predicted molar refractivity (Wildman–Crippen MR) is 112 cm³/mol. The van der Waals surface area contributed by atoms with Gasteiger partial charge in [0.05, 0.1) is 24.9 Å². The quantitative estimate of drug-likeness (QED) is 0.805. The highest BCUT2D eigenvalue weighted by atomic mass is 16.7. The number of methoxy groups -OCH3 is 1. The molecule has 0 spiro atoms. The molecule has 0 aromatic carbocycles. The number of anilines is 1. The molecule has 1 aliphatic heterocycles. The summed E-state index contributed by atoms with van der Waals surface area (Å²) in [6.45, 7) is 5.99. The van der Waals surface area contributed by atoms with E-state index in [-0.39, 0.29) is 18.1 Å². The number of amides is 1. The molecule has 9 nitrogen and oxygen atoms in total. The number of carbonyl (C=O) groups excluding carboxylic acids is 1. The molecular weight excluding hydrogens is 388 g/mol. The number of ether oxygens (including phenoxy) is 2. The Balaban J connectivity index is 1.81. The van der Waals surface area contributed by atoms with Crippen molar-refractivity contribution in [1.82, 2.24) is 14.6 Å². The molecule has 1 aliphatic carbocycles. The van der Waals surface area contributed by atoms with E-state index in [4.69, 9.17) is 14.3 Å². The number of carbonyl (C=O) groups is 1. The molecule has 162 valence electrons. The molecule has 0 radical (unpaired) electrons. The standard InChI is InChI=1S/C21H28N4O5/c1-21(2,3)30-20(27)24-11-10-17-16(13-24)18(26)25(29-5)19(23-17)22-12-14-6-8-15(28-4)9-7-14/h6,8-9,12H,7,10-11,13H2,1-5H3,(H,22,23). The van der Waals surface area contributed by atoms with E-state index in [1.165, 1.54) is 12.0 Å². The number of hydrogen-bond acceptors (Lipinski definition) is 7. The van der Waals surface area contributed by atoms with Gasteiger partial charge in [-0.1, -0.05) is 6.08 Å². The fourth-order valence-corrected chi connectivity index (χ4v) is 3.16. The monoisotopic (exact) mass is 416 g/mol. The largest absolute Gasteiger partial charge is 0.497 e. The van der Waals surface area contributed by atoms with Crippen LogP contribution in [0.4, 0.5) is 10.7 Å². The van der Waals surface area contributed by atoms with Crippen molar-refractivity contribution in [2.45, 2.75) is 45.8 Å². The zero-order valence-corrected chi connectivity index (χ0v) is 18.0. The molecule has 0 bridgehead atoms. The van der Waals surface area contributed by atoms with Gasteiger partial charge in [-0.3, -0.25) is 4.79 Å². The molecule has 0 unspecified atom stereocenters. The van der Waals surface area contributed by atoms with Crippen LogP contribution in [-0.2, 0) is 22.4 Å². The van der Waals surface area contributed by atoms with Crippen LogP contribution in [0.3, 0.4) is 0 Å². The summed E-state index contributed by atoms with van der Waals surface area (Å²) in [5.41, 5.74) is 1.13. The molecule has 0 saturated carbocycles. The van der Waals surface area contributed by atoms with Crippen molar-refractivity contribution < 1.29 is 19.1 Å². The minimum Gasteiger partial charge on any atom is -0.497 e. The van der Waals surface area contributed by atoms with Crippen molar-refractivity contribution in [1.29, 1.82) is 0 Å². The van der Waals surface area contributed by atoms with E-state index in [2.05, 4.69) is 10.3 Å². The number of rotatable bonds is 4. The van der Waals surface area contributed by atoms with Gasteiger partial charge in [-0.25, -0.2) is 9.78 Å². The van der Waals surface area contributed by atoms with Gasteiger partial charge in [-0.05, 0) is 44.9 Å². The van der Waals surface area contributed by atoms with Crippen molar-refractivity contribution in [2.75, 3.05) is 26.1 Å². The first-order chi connectivity index (χ1) is 14.2. The average Bonchev–Trinajstić information content (AvgIpc) is 2.71. The summed E-state index contributed by atoms with van der Waals surface area (Å²) >= 11 is 0. The number of nitrogens with zero attached hydrogens (tertiary/aromatic N) is 3. The average molecular weight is 416 g/mol. The molecular formula is C21H28N4O5. The van der Waals surface area contributed by atoms with Crippen LogP contribution in [0.25, 0.3) is 0 Å². The highest BCUT2D eigenvalue weighted by molar-refractivity contribution is 5.68. The van der Waals surface area contributed by atoms with E-state index in [0.717, 1.165) is 16.1 Å². The third-order valence-electron chi connectivity index (χ3n) is 4.65. The Labute approximate surface area is 175 Å². The van der Waals surface area contributed by atoms with E-state index in [1.807, 2.05) is 39.0 Å². The molecule has 1 N–H and O–H groups in total. The Morgan fingerprint density at radius 2 is 2.03 bits per heavy atom. The summed E-state index contributed by atoms with van der Waals surface area (Å²) in [6.07, 6.45) is 8.24. The lowest BCUT2D eigenvalue weighted by Crippen LogP contribution is -2.44. The molecule has 1 aromatic heterocycles. The number of hydrogen-bond donors (Lipinski definition) is 1. The maximum absolute atomic E-state index is 13.0. The molecule has 1 aromatic rings. The molecule has 2 heterocycles. The summed E-state index contributed by atoms with van der Waals surface area (Å²) in [5, 5.41) is 3.06. The minimum absolute atomic E-state index is 0.133. The van der Waals surface area contributed by atoms with Crippen molar-refractivity contribution >= 4 is 12.0 Å². The van der Waals surface area contributed by atoms with Gasteiger partial charge in [0, 0.05) is 19.2 Å². The molecule has 9 heteroatoms. The zero-order chi connectivity index (χ0) is 21.9. The molecule has 0 fully saturated rings. The Morgan fingerprint density at radius 3 is 2.63 bits per heavy atom. The maximum Gasteiger partial charge on any atom is 0.410 e. The van der Waals surface area contributed by atoms with Crippen LogP contribution in [-0.4, -0.2) is 47.1 Å². The molecule has 3 rings (SSSR count). The van der Waals surface area contributed by atoms with Crippen LogP contribution in [0.15, 0.2) is 40.6 Å². The van der Waals surface area contributed by atoms with Crippen LogP contribution in [0.5, 0.6) is 0 Å². The van der Waals surface area contributed by atoms with Gasteiger partial charge in [0.2, 0.25) is 5.95 Å². The van der Waals surface area contributed by atoms with E-state index in [9.17, 15) is 9.59 Å². The second-order valence-electron chi connectivity index (χ2n) is 8.01. The molecule has 0 atom stereocenters. The predicted octanol–water partition coefficient (Wildman–Crippen LogP) is 2.38.